The first-order valence-corrected chi connectivity index (χ1v) is 8.26. The second-order valence-corrected chi connectivity index (χ2v) is 7.39. The predicted octanol–water partition coefficient (Wildman–Crippen LogP) is 1.07. The van der Waals surface area contributed by atoms with E-state index in [1.165, 1.54) is 49.5 Å². The molecule has 2 N–H and O–H groups in total. The number of carbonyl (C=O) groups is 2. The second kappa shape index (κ2) is 6.55. The fraction of sp³-hybridized carbons (Fsp3) is 0.818. The van der Waals surface area contributed by atoms with Crippen LogP contribution >= 0.6 is 21.6 Å². The molecule has 0 aliphatic heterocycles. The summed E-state index contributed by atoms with van der Waals surface area (Å²) in [7, 11) is 5.82. The van der Waals surface area contributed by atoms with Gasteiger partial charge in [0.25, 0.3) is 0 Å². The van der Waals surface area contributed by atoms with E-state index in [0.29, 0.717) is 12.2 Å². The lowest BCUT2D eigenvalue weighted by Gasteiger charge is -2.21. The quantitative estimate of drug-likeness (QED) is 0.509. The zero-order valence-electron chi connectivity index (χ0n) is 11.5. The van der Waals surface area contributed by atoms with Crippen LogP contribution in [0.3, 0.4) is 0 Å². The van der Waals surface area contributed by atoms with Crippen molar-refractivity contribution in [3.8, 4) is 0 Å². The largest absolute Gasteiger partial charge is 0.314 e. The van der Waals surface area contributed by atoms with Crippen molar-refractivity contribution in [2.75, 3.05) is 19.8 Å². The lowest BCUT2D eigenvalue weighted by molar-refractivity contribution is -0.148. The van der Waals surface area contributed by atoms with Crippen molar-refractivity contribution in [2.24, 2.45) is 0 Å². The lowest BCUT2D eigenvalue weighted by atomic mass is 10.2. The van der Waals surface area contributed by atoms with Gasteiger partial charge in [0.2, 0.25) is 0 Å². The Balaban J connectivity index is 2.44. The van der Waals surface area contributed by atoms with Gasteiger partial charge < -0.3 is 10.4 Å². The summed E-state index contributed by atoms with van der Waals surface area (Å²) in [5, 5.41) is 20.8. The highest BCUT2D eigenvalue weighted by molar-refractivity contribution is 8.77. The molecule has 0 aromatic heterocycles. The van der Waals surface area contributed by atoms with Crippen LogP contribution in [0, 0.1) is 0 Å². The molecule has 0 radical (unpaired) electrons. The summed E-state index contributed by atoms with van der Waals surface area (Å²) in [6.07, 6.45) is 0.604. The molecule has 0 spiro atoms. The molecule has 6 nitrogen and oxygen atoms in total. The molecule has 8 heteroatoms. The number of ketones is 2. The van der Waals surface area contributed by atoms with Crippen molar-refractivity contribution in [2.45, 2.75) is 37.1 Å². The van der Waals surface area contributed by atoms with Crippen LogP contribution in [0.1, 0.15) is 20.3 Å². The summed E-state index contributed by atoms with van der Waals surface area (Å²) < 4.78 is 0. The van der Waals surface area contributed by atoms with Crippen LogP contribution < -0.4 is 0 Å². The molecule has 1 saturated carbocycles. The highest BCUT2D eigenvalue weighted by Crippen LogP contribution is 2.53. The Morgan fingerprint density at radius 1 is 1.37 bits per heavy atom. The van der Waals surface area contributed by atoms with Crippen molar-refractivity contribution in [1.82, 2.24) is 10.1 Å². The van der Waals surface area contributed by atoms with Crippen molar-refractivity contribution in [3.63, 3.8) is 0 Å². The van der Waals surface area contributed by atoms with Gasteiger partial charge in [-0.05, 0) is 20.3 Å². The van der Waals surface area contributed by atoms with Gasteiger partial charge in [-0.2, -0.15) is 10.1 Å². The number of likely N-dealkylation sites (N-methyl/N-ethyl adjacent to an activating group) is 2. The van der Waals surface area contributed by atoms with E-state index in [2.05, 4.69) is 0 Å². The van der Waals surface area contributed by atoms with Crippen LogP contribution in [0.25, 0.3) is 0 Å². The third-order valence-corrected chi connectivity index (χ3v) is 6.28. The maximum absolute atomic E-state index is 11.6. The Hall–Kier alpha value is -0.120. The molecular formula is C11H20N2O4S2. The molecule has 1 rings (SSSR count). The monoisotopic (exact) mass is 308 g/mol. The molecule has 19 heavy (non-hydrogen) atoms. The molecule has 3 atom stereocenters. The minimum absolute atomic E-state index is 0.0154. The Morgan fingerprint density at radius 3 is 2.26 bits per heavy atom. The number of Topliss-reactive ketones (excluding diaryl/α,β-unsaturated/α-hetero) is 2. The summed E-state index contributed by atoms with van der Waals surface area (Å²) >= 11 is 0. The van der Waals surface area contributed by atoms with Gasteiger partial charge in [-0.3, -0.25) is 9.59 Å². The summed E-state index contributed by atoms with van der Waals surface area (Å²) in [6, 6.07) is -0.546. The topological polar surface area (TPSA) is 81.1 Å². The molecule has 0 saturated heterocycles. The SMILES string of the molecule is CC(=O)C(CSS[C@@H]1CC1(C(C)=O)N(C)O)N(C)O. The number of carbonyl (C=O) groups excluding carboxylic acids is 2. The third-order valence-electron chi connectivity index (χ3n) is 3.39. The smallest absolute Gasteiger partial charge is 0.153 e. The highest BCUT2D eigenvalue weighted by atomic mass is 33.1. The third kappa shape index (κ3) is 3.71. The molecule has 110 valence electrons. The standard InChI is InChI=1S/C11H20N2O4S2/c1-7(14)9(12(3)16)6-18-19-10-5-11(10,8(2)15)13(4)17/h9-10,16-17H,5-6H2,1-4H3/t9?,10-,11?/m1/s1. The van der Waals surface area contributed by atoms with Gasteiger partial charge in [0.05, 0.1) is 0 Å². The van der Waals surface area contributed by atoms with Gasteiger partial charge >= 0.3 is 0 Å². The van der Waals surface area contributed by atoms with Crippen molar-refractivity contribution in [3.05, 3.63) is 0 Å². The van der Waals surface area contributed by atoms with E-state index in [1.807, 2.05) is 0 Å². The normalized spacial score (nSPS) is 27.7. The number of rotatable bonds is 8. The average Bonchev–Trinajstić information content (AvgIpc) is 2.98. The minimum atomic E-state index is -0.783. The molecule has 1 aliphatic carbocycles. The van der Waals surface area contributed by atoms with E-state index >= 15 is 0 Å². The number of hydroxylamine groups is 4. The Morgan fingerprint density at radius 2 is 1.95 bits per heavy atom. The molecule has 0 aromatic carbocycles. The summed E-state index contributed by atoms with van der Waals surface area (Å²) in [5.74, 6) is 0.274. The zero-order chi connectivity index (χ0) is 14.8. The van der Waals surface area contributed by atoms with Crippen LogP contribution in [0.4, 0.5) is 0 Å². The first-order valence-electron chi connectivity index (χ1n) is 5.87. The second-order valence-electron chi connectivity index (χ2n) is 4.78. The fourth-order valence-electron chi connectivity index (χ4n) is 1.95. The molecule has 0 bridgehead atoms. The van der Waals surface area contributed by atoms with Gasteiger partial charge in [-0.25, -0.2) is 0 Å². The Labute approximate surface area is 120 Å². The van der Waals surface area contributed by atoms with Gasteiger partial charge in [-0.15, -0.1) is 0 Å². The molecule has 1 fully saturated rings. The molecule has 0 aromatic rings. The molecule has 2 unspecified atom stereocenters. The zero-order valence-corrected chi connectivity index (χ0v) is 13.1. The number of hydrogen-bond acceptors (Lipinski definition) is 8. The summed E-state index contributed by atoms with van der Waals surface area (Å²) in [5.41, 5.74) is -0.783. The van der Waals surface area contributed by atoms with Crippen LogP contribution in [0.2, 0.25) is 0 Å². The average molecular weight is 308 g/mol. The fourth-order valence-corrected chi connectivity index (χ4v) is 5.37. The number of nitrogens with zero attached hydrogens (tertiary/aromatic N) is 2. The van der Waals surface area contributed by atoms with Crippen LogP contribution in [-0.4, -0.2) is 68.8 Å². The van der Waals surface area contributed by atoms with Gasteiger partial charge in [-0.1, -0.05) is 21.6 Å². The summed E-state index contributed by atoms with van der Waals surface area (Å²) in [6.45, 7) is 2.90. The van der Waals surface area contributed by atoms with E-state index in [-0.39, 0.29) is 16.8 Å². The van der Waals surface area contributed by atoms with Crippen LogP contribution in [0.15, 0.2) is 0 Å². The van der Waals surface area contributed by atoms with Crippen molar-refractivity contribution >= 4 is 33.2 Å². The summed E-state index contributed by atoms with van der Waals surface area (Å²) in [4.78, 5) is 22.9. The van der Waals surface area contributed by atoms with E-state index in [9.17, 15) is 20.0 Å². The van der Waals surface area contributed by atoms with Gasteiger partial charge in [0.15, 0.2) is 5.78 Å². The van der Waals surface area contributed by atoms with E-state index < -0.39 is 11.6 Å². The first-order chi connectivity index (χ1) is 8.73. The maximum atomic E-state index is 11.6. The lowest BCUT2D eigenvalue weighted by Crippen LogP contribution is -2.40. The van der Waals surface area contributed by atoms with Gasteiger partial charge in [0.1, 0.15) is 17.4 Å². The van der Waals surface area contributed by atoms with Crippen molar-refractivity contribution < 1.29 is 20.0 Å². The van der Waals surface area contributed by atoms with Crippen LogP contribution in [-0.2, 0) is 9.59 Å². The Bertz CT molecular complexity index is 365. The Kier molecular flexibility index (Phi) is 5.84. The first kappa shape index (κ1) is 16.9. The minimum Gasteiger partial charge on any atom is -0.314 e. The van der Waals surface area contributed by atoms with Crippen LogP contribution in [0.5, 0.6) is 0 Å². The van der Waals surface area contributed by atoms with E-state index in [1.54, 1.807) is 0 Å². The van der Waals surface area contributed by atoms with Gasteiger partial charge in [0, 0.05) is 25.1 Å². The highest BCUT2D eigenvalue weighted by Gasteiger charge is 2.61. The molecule has 0 amide bonds. The predicted molar refractivity (Wildman–Crippen MR) is 75.4 cm³/mol. The van der Waals surface area contributed by atoms with E-state index in [0.717, 1.165) is 10.1 Å². The molecular weight excluding hydrogens is 288 g/mol. The molecule has 0 heterocycles. The maximum Gasteiger partial charge on any atom is 0.153 e. The van der Waals surface area contributed by atoms with E-state index in [4.69, 9.17) is 0 Å². The molecule has 1 aliphatic rings. The number of hydrogen-bond donors (Lipinski definition) is 2. The van der Waals surface area contributed by atoms with Crippen molar-refractivity contribution in [1.29, 1.82) is 0 Å².